The summed E-state index contributed by atoms with van der Waals surface area (Å²) in [6, 6.07) is 1.55. The van der Waals surface area contributed by atoms with E-state index in [9.17, 15) is 24.0 Å². The minimum atomic E-state index is -1.12. The van der Waals surface area contributed by atoms with Crippen LogP contribution in [0.1, 0.15) is 31.2 Å². The Labute approximate surface area is 222 Å². The average Bonchev–Trinajstić information content (AvgIpc) is 3.65. The van der Waals surface area contributed by atoms with Crippen LogP contribution in [0.4, 0.5) is 0 Å². The van der Waals surface area contributed by atoms with Gasteiger partial charge in [-0.2, -0.15) is 0 Å². The molecule has 13 heteroatoms. The van der Waals surface area contributed by atoms with Gasteiger partial charge in [0, 0.05) is 30.3 Å². The number of carbonyl (C=O) groups is 5. The van der Waals surface area contributed by atoms with Crippen LogP contribution in [0, 0.1) is 0 Å². The second-order valence-corrected chi connectivity index (χ2v) is 11.7. The first-order valence-electron chi connectivity index (χ1n) is 12.0. The maximum atomic E-state index is 13.4. The highest BCUT2D eigenvalue weighted by Gasteiger charge is 2.52. The molecule has 4 amide bonds. The van der Waals surface area contributed by atoms with E-state index in [1.165, 1.54) is 21.6 Å². The first kappa shape index (κ1) is 27.0. The van der Waals surface area contributed by atoms with Gasteiger partial charge in [-0.05, 0) is 43.0 Å². The highest BCUT2D eigenvalue weighted by atomic mass is 33.1. The molecule has 1 aliphatic carbocycles. The third kappa shape index (κ3) is 7.71. The molecule has 4 N–H and O–H groups in total. The van der Waals surface area contributed by atoms with E-state index in [1.807, 2.05) is 6.08 Å². The average molecular weight is 548 g/mol. The molecule has 1 saturated heterocycles. The molecule has 1 spiro atoms. The maximum Gasteiger partial charge on any atom is 0.326 e. The van der Waals surface area contributed by atoms with Crippen molar-refractivity contribution in [2.24, 2.45) is 0 Å². The summed E-state index contributed by atoms with van der Waals surface area (Å²) in [5.74, 6) is -1.73. The lowest BCUT2D eigenvalue weighted by atomic mass is 10.1. The molecule has 4 rings (SSSR count). The van der Waals surface area contributed by atoms with Gasteiger partial charge < -0.3 is 26.0 Å². The van der Waals surface area contributed by atoms with Crippen LogP contribution in [-0.2, 0) is 35.1 Å². The third-order valence-electron chi connectivity index (χ3n) is 6.12. The monoisotopic (exact) mass is 547 g/mol. The summed E-state index contributed by atoms with van der Waals surface area (Å²) in [5.41, 5.74) is -0.349. The van der Waals surface area contributed by atoms with Crippen LogP contribution < -0.4 is 21.3 Å². The van der Waals surface area contributed by atoms with Crippen molar-refractivity contribution >= 4 is 51.2 Å². The molecular formula is C24H29N5O6S2. The first-order valence-corrected chi connectivity index (χ1v) is 14.5. The summed E-state index contributed by atoms with van der Waals surface area (Å²) in [6.07, 6.45) is 7.26. The van der Waals surface area contributed by atoms with E-state index in [4.69, 9.17) is 4.74 Å². The van der Waals surface area contributed by atoms with Crippen molar-refractivity contribution < 1.29 is 28.7 Å². The molecule has 2 bridgehead atoms. The summed E-state index contributed by atoms with van der Waals surface area (Å²) in [7, 11) is 2.97. The maximum absolute atomic E-state index is 13.4. The predicted molar refractivity (Wildman–Crippen MR) is 138 cm³/mol. The smallest absolute Gasteiger partial charge is 0.326 e. The van der Waals surface area contributed by atoms with E-state index in [1.54, 1.807) is 30.6 Å². The number of amides is 4. The normalized spacial score (nSPS) is 28.1. The van der Waals surface area contributed by atoms with Crippen molar-refractivity contribution in [3.05, 3.63) is 42.2 Å². The van der Waals surface area contributed by atoms with Crippen LogP contribution in [-0.4, -0.2) is 76.4 Å². The van der Waals surface area contributed by atoms with Crippen molar-refractivity contribution in [3.63, 3.8) is 0 Å². The molecule has 2 aliphatic heterocycles. The number of rotatable bonds is 2. The number of pyridine rings is 1. The van der Waals surface area contributed by atoms with Gasteiger partial charge in [0.15, 0.2) is 0 Å². The molecule has 37 heavy (non-hydrogen) atoms. The van der Waals surface area contributed by atoms with Gasteiger partial charge in [0.25, 0.3) is 0 Å². The van der Waals surface area contributed by atoms with Crippen molar-refractivity contribution in [2.75, 3.05) is 18.1 Å². The molecule has 0 unspecified atom stereocenters. The van der Waals surface area contributed by atoms with Gasteiger partial charge in [0.05, 0.1) is 6.42 Å². The lowest BCUT2D eigenvalue weighted by Gasteiger charge is -2.26. The zero-order valence-electron chi connectivity index (χ0n) is 20.1. The lowest BCUT2D eigenvalue weighted by Crippen LogP contribution is -2.59. The molecule has 1 saturated carbocycles. The van der Waals surface area contributed by atoms with Crippen LogP contribution in [0.5, 0.6) is 0 Å². The Morgan fingerprint density at radius 3 is 2.57 bits per heavy atom. The van der Waals surface area contributed by atoms with Gasteiger partial charge in [-0.25, -0.2) is 0 Å². The molecule has 0 aromatic carbocycles. The number of carbonyl (C=O) groups excluding carboxylic acids is 5. The number of allylic oxidation sites excluding steroid dienone is 1. The summed E-state index contributed by atoms with van der Waals surface area (Å²) < 4.78 is 5.47. The Balaban J connectivity index is 1.65. The number of ether oxygens (including phenoxy) is 1. The van der Waals surface area contributed by atoms with Crippen LogP contribution in [0.2, 0.25) is 0 Å². The Kier molecular flexibility index (Phi) is 9.09. The van der Waals surface area contributed by atoms with E-state index in [0.29, 0.717) is 25.0 Å². The quantitative estimate of drug-likeness (QED) is 0.228. The molecule has 3 heterocycles. The fraction of sp³-hybridized carbons (Fsp3) is 0.500. The van der Waals surface area contributed by atoms with Crippen molar-refractivity contribution in [2.45, 2.75) is 55.8 Å². The van der Waals surface area contributed by atoms with Gasteiger partial charge in [-0.3, -0.25) is 29.0 Å². The Bertz CT molecular complexity index is 1060. The highest BCUT2D eigenvalue weighted by molar-refractivity contribution is 8.76. The zero-order chi connectivity index (χ0) is 26.3. The second-order valence-electron chi connectivity index (χ2n) is 9.05. The van der Waals surface area contributed by atoms with E-state index in [-0.39, 0.29) is 25.1 Å². The van der Waals surface area contributed by atoms with Crippen LogP contribution in [0.25, 0.3) is 0 Å². The Morgan fingerprint density at radius 1 is 1.03 bits per heavy atom. The molecule has 1 aromatic rings. The number of hydrogen-bond donors (Lipinski definition) is 4. The summed E-state index contributed by atoms with van der Waals surface area (Å²) in [5, 5.41) is 10.8. The highest BCUT2D eigenvalue weighted by Crippen LogP contribution is 2.36. The van der Waals surface area contributed by atoms with Gasteiger partial charge in [0.1, 0.15) is 30.3 Å². The Morgan fingerprint density at radius 2 is 1.81 bits per heavy atom. The molecular weight excluding hydrogens is 518 g/mol. The van der Waals surface area contributed by atoms with Crippen LogP contribution in [0.3, 0.4) is 0 Å². The standard InChI is InChI=1S/C24H29N5O6S2/c30-19-12-16-3-1-2-10-36-37-14-18(28-21(32)17(27-19)11-15-4-8-25-9-5-15)22(33)29-24(6-7-24)23(34)26-13-20(31)35-16/h1,3-5,8-9,16-18H,2,6-7,10-14H2,(H,26,34)(H,27,30)(H,28,32)(H,29,33)/b3-1+/t16-,17+,18-/m0/s1. The minimum Gasteiger partial charge on any atom is -0.456 e. The van der Waals surface area contributed by atoms with Gasteiger partial charge in [-0.1, -0.05) is 27.7 Å². The molecule has 0 radical (unpaired) electrons. The summed E-state index contributed by atoms with van der Waals surface area (Å²) in [4.78, 5) is 68.8. The fourth-order valence-electron chi connectivity index (χ4n) is 3.93. The first-order chi connectivity index (χ1) is 17.8. The topological polar surface area (TPSA) is 156 Å². The number of nitrogens with one attached hydrogen (secondary N) is 4. The molecule has 198 valence electrons. The molecule has 1 aromatic heterocycles. The molecule has 11 nitrogen and oxygen atoms in total. The second kappa shape index (κ2) is 12.5. The number of hydrogen-bond acceptors (Lipinski definition) is 9. The number of esters is 1. The van der Waals surface area contributed by atoms with Crippen molar-refractivity contribution in [3.8, 4) is 0 Å². The number of aromatic nitrogens is 1. The predicted octanol–water partition coefficient (Wildman–Crippen LogP) is 0.0155. The molecule has 3 aliphatic rings. The molecule has 3 atom stereocenters. The van der Waals surface area contributed by atoms with E-state index >= 15 is 0 Å². The summed E-state index contributed by atoms with van der Waals surface area (Å²) >= 11 is 0. The minimum absolute atomic E-state index is 0.170. The fourth-order valence-corrected chi connectivity index (χ4v) is 6.09. The largest absolute Gasteiger partial charge is 0.456 e. The van der Waals surface area contributed by atoms with E-state index in [2.05, 4.69) is 26.3 Å². The van der Waals surface area contributed by atoms with E-state index < -0.39 is 53.3 Å². The lowest BCUT2D eigenvalue weighted by molar-refractivity contribution is -0.148. The summed E-state index contributed by atoms with van der Waals surface area (Å²) in [6.45, 7) is -0.390. The van der Waals surface area contributed by atoms with E-state index in [0.717, 1.165) is 5.56 Å². The SMILES string of the molecule is O=C1C[C@@H]2/C=C/CCSSC[C@H](NC(=O)[C@@H](Cc3ccncc3)N1)C(=O)NC1(CC1)C(=O)NCC(=O)O2. The van der Waals surface area contributed by atoms with Crippen LogP contribution >= 0.6 is 21.6 Å². The number of fused-ring (bicyclic) bond motifs is 7. The molecule has 2 fully saturated rings. The number of nitrogens with zero attached hydrogens (tertiary/aromatic N) is 1. The van der Waals surface area contributed by atoms with Crippen LogP contribution in [0.15, 0.2) is 36.7 Å². The van der Waals surface area contributed by atoms with Crippen molar-refractivity contribution in [1.82, 2.24) is 26.3 Å². The zero-order valence-corrected chi connectivity index (χ0v) is 21.7. The Hall–Kier alpha value is -3.06. The van der Waals surface area contributed by atoms with Gasteiger partial charge in [0.2, 0.25) is 23.6 Å². The van der Waals surface area contributed by atoms with Crippen molar-refractivity contribution in [1.29, 1.82) is 0 Å². The van der Waals surface area contributed by atoms with Gasteiger partial charge >= 0.3 is 5.97 Å². The van der Waals surface area contributed by atoms with Gasteiger partial charge in [-0.15, -0.1) is 0 Å². The third-order valence-corrected chi connectivity index (χ3v) is 8.57.